The number of methoxy groups -OCH3 is 2. The maximum atomic E-state index is 12.9. The van der Waals surface area contributed by atoms with Crippen LogP contribution in [0.4, 0.5) is 23.7 Å². The van der Waals surface area contributed by atoms with Crippen LogP contribution in [0.15, 0.2) is 18.2 Å². The van der Waals surface area contributed by atoms with Crippen LogP contribution in [0, 0.1) is 0 Å². The van der Waals surface area contributed by atoms with E-state index < -0.39 is 24.8 Å². The molecule has 9 heteroatoms. The van der Waals surface area contributed by atoms with Gasteiger partial charge in [-0.3, -0.25) is 0 Å². The highest BCUT2D eigenvalue weighted by molar-refractivity contribution is 5.92. The Morgan fingerprint density at radius 1 is 1.28 bits per heavy atom. The van der Waals surface area contributed by atoms with Gasteiger partial charge in [-0.05, 0) is 25.0 Å². The molecule has 6 nitrogen and oxygen atoms in total. The lowest BCUT2D eigenvalue weighted by molar-refractivity contribution is -0.146. The first kappa shape index (κ1) is 19.2. The highest BCUT2D eigenvalue weighted by atomic mass is 19.4. The number of para-hydroxylation sites is 1. The van der Waals surface area contributed by atoms with Crippen molar-refractivity contribution in [1.29, 1.82) is 0 Å². The van der Waals surface area contributed by atoms with Crippen molar-refractivity contribution < 1.29 is 32.2 Å². The number of ether oxygens (including phenoxy) is 3. The lowest BCUT2D eigenvalue weighted by Crippen LogP contribution is -2.49. The van der Waals surface area contributed by atoms with Crippen molar-refractivity contribution in [2.24, 2.45) is 0 Å². The molecule has 1 saturated heterocycles. The molecule has 1 aliphatic heterocycles. The summed E-state index contributed by atoms with van der Waals surface area (Å²) in [6.07, 6.45) is -3.77. The molecule has 1 aromatic carbocycles. The third-order valence-corrected chi connectivity index (χ3v) is 3.89. The number of nitrogens with zero attached hydrogens (tertiary/aromatic N) is 1. The van der Waals surface area contributed by atoms with Crippen LogP contribution in [0.3, 0.4) is 0 Å². The topological polar surface area (TPSA) is 60.0 Å². The quantitative estimate of drug-likeness (QED) is 0.873. The van der Waals surface area contributed by atoms with Crippen LogP contribution >= 0.6 is 0 Å². The lowest BCUT2D eigenvalue weighted by atomic mass is 10.1. The highest BCUT2D eigenvalue weighted by Gasteiger charge is 2.37. The Balaban J connectivity index is 2.21. The summed E-state index contributed by atoms with van der Waals surface area (Å²) in [5, 5.41) is 2.50. The van der Waals surface area contributed by atoms with Gasteiger partial charge in [-0.15, -0.1) is 0 Å². The van der Waals surface area contributed by atoms with E-state index in [0.29, 0.717) is 31.8 Å². The molecule has 0 aromatic heterocycles. The summed E-state index contributed by atoms with van der Waals surface area (Å²) in [7, 11) is 2.82. The van der Waals surface area contributed by atoms with E-state index in [4.69, 9.17) is 14.2 Å². The second-order valence-electron chi connectivity index (χ2n) is 5.56. The average Bonchev–Trinajstić information content (AvgIpc) is 2.59. The van der Waals surface area contributed by atoms with E-state index in [1.807, 2.05) is 0 Å². The van der Waals surface area contributed by atoms with Crippen molar-refractivity contribution >= 4 is 11.7 Å². The first-order valence-electron chi connectivity index (χ1n) is 7.79. The number of nitrogens with one attached hydrogen (secondary N) is 1. The molecular formula is C16H21F3N2O4. The molecule has 1 N–H and O–H groups in total. The summed E-state index contributed by atoms with van der Waals surface area (Å²) in [5.74, 6) is 0.617. The number of halogens is 3. The maximum Gasteiger partial charge on any atom is 0.406 e. The van der Waals surface area contributed by atoms with Gasteiger partial charge in [0.15, 0.2) is 11.5 Å². The molecule has 1 fully saturated rings. The van der Waals surface area contributed by atoms with E-state index in [0.717, 1.165) is 4.90 Å². The minimum Gasteiger partial charge on any atom is -0.493 e. The van der Waals surface area contributed by atoms with Gasteiger partial charge in [-0.25, -0.2) is 4.79 Å². The Morgan fingerprint density at radius 3 is 2.52 bits per heavy atom. The maximum absolute atomic E-state index is 12.9. The van der Waals surface area contributed by atoms with E-state index in [-0.39, 0.29) is 11.4 Å². The molecule has 0 saturated carbocycles. The molecule has 0 aliphatic carbocycles. The number of urea groups is 1. The van der Waals surface area contributed by atoms with Crippen LogP contribution in [-0.2, 0) is 4.74 Å². The van der Waals surface area contributed by atoms with Gasteiger partial charge in [-0.2, -0.15) is 13.2 Å². The molecular weight excluding hydrogens is 341 g/mol. The van der Waals surface area contributed by atoms with E-state index >= 15 is 0 Å². The molecule has 1 aromatic rings. The number of amides is 2. The van der Waals surface area contributed by atoms with Gasteiger partial charge in [0.1, 0.15) is 6.54 Å². The Hall–Kier alpha value is -2.16. The van der Waals surface area contributed by atoms with E-state index in [2.05, 4.69) is 5.32 Å². The summed E-state index contributed by atoms with van der Waals surface area (Å²) in [5.41, 5.74) is 0.242. The van der Waals surface area contributed by atoms with Gasteiger partial charge in [0, 0.05) is 19.3 Å². The summed E-state index contributed by atoms with van der Waals surface area (Å²) in [6.45, 7) is -0.667. The van der Waals surface area contributed by atoms with Crippen molar-refractivity contribution in [1.82, 2.24) is 4.90 Å². The van der Waals surface area contributed by atoms with Crippen molar-refractivity contribution in [3.63, 3.8) is 0 Å². The van der Waals surface area contributed by atoms with E-state index in [9.17, 15) is 18.0 Å². The third-order valence-electron chi connectivity index (χ3n) is 3.89. The Labute approximate surface area is 143 Å². The van der Waals surface area contributed by atoms with Gasteiger partial charge in [0.2, 0.25) is 0 Å². The van der Waals surface area contributed by atoms with Crippen LogP contribution in [0.1, 0.15) is 12.8 Å². The Morgan fingerprint density at radius 2 is 1.96 bits per heavy atom. The third kappa shape index (κ3) is 5.15. The number of anilines is 1. The lowest BCUT2D eigenvalue weighted by Gasteiger charge is -2.34. The predicted octanol–water partition coefficient (Wildman–Crippen LogP) is 3.28. The van der Waals surface area contributed by atoms with E-state index in [1.54, 1.807) is 12.1 Å². The van der Waals surface area contributed by atoms with Crippen molar-refractivity contribution in [3.05, 3.63) is 18.2 Å². The summed E-state index contributed by atoms with van der Waals surface area (Å²) >= 11 is 0. The zero-order chi connectivity index (χ0) is 18.4. The molecule has 0 radical (unpaired) electrons. The molecule has 2 rings (SSSR count). The van der Waals surface area contributed by atoms with Crippen LogP contribution in [0.25, 0.3) is 0 Å². The SMILES string of the molecule is COc1cccc(NC(=O)N(CC(F)(F)F)C2CCOCC2)c1OC. The fourth-order valence-corrected chi connectivity index (χ4v) is 2.73. The van der Waals surface area contributed by atoms with Gasteiger partial charge < -0.3 is 24.4 Å². The molecule has 1 heterocycles. The van der Waals surface area contributed by atoms with Gasteiger partial charge in [0.25, 0.3) is 0 Å². The minimum absolute atomic E-state index is 0.242. The molecule has 25 heavy (non-hydrogen) atoms. The molecule has 140 valence electrons. The summed E-state index contributed by atoms with van der Waals surface area (Å²) in [4.78, 5) is 13.3. The number of carbonyl (C=O) groups is 1. The van der Waals surface area contributed by atoms with Gasteiger partial charge in [0.05, 0.1) is 19.9 Å². The molecule has 0 spiro atoms. The molecule has 0 unspecified atom stereocenters. The first-order valence-corrected chi connectivity index (χ1v) is 7.79. The molecule has 0 atom stereocenters. The average molecular weight is 362 g/mol. The zero-order valence-electron chi connectivity index (χ0n) is 14.1. The van der Waals surface area contributed by atoms with Crippen LogP contribution in [-0.4, -0.2) is 57.1 Å². The van der Waals surface area contributed by atoms with Crippen molar-refractivity contribution in [2.75, 3.05) is 39.3 Å². The summed E-state index contributed by atoms with van der Waals surface area (Å²) < 4.78 is 54.3. The number of alkyl halides is 3. The Kier molecular flexibility index (Phi) is 6.35. The first-order chi connectivity index (χ1) is 11.9. The second-order valence-corrected chi connectivity index (χ2v) is 5.56. The van der Waals surface area contributed by atoms with Crippen molar-refractivity contribution in [2.45, 2.75) is 25.1 Å². The predicted molar refractivity (Wildman–Crippen MR) is 85.2 cm³/mol. The number of hydrogen-bond acceptors (Lipinski definition) is 4. The fourth-order valence-electron chi connectivity index (χ4n) is 2.73. The van der Waals surface area contributed by atoms with Gasteiger partial charge in [-0.1, -0.05) is 6.07 Å². The monoisotopic (exact) mass is 362 g/mol. The van der Waals surface area contributed by atoms with Gasteiger partial charge >= 0.3 is 12.2 Å². The van der Waals surface area contributed by atoms with E-state index in [1.165, 1.54) is 20.3 Å². The number of rotatable bonds is 5. The number of benzene rings is 1. The Bertz CT molecular complexity index is 589. The fraction of sp³-hybridized carbons (Fsp3) is 0.562. The smallest absolute Gasteiger partial charge is 0.406 e. The van der Waals surface area contributed by atoms with Crippen LogP contribution in [0.2, 0.25) is 0 Å². The summed E-state index contributed by atoms with van der Waals surface area (Å²) in [6, 6.07) is 3.40. The molecule has 1 aliphatic rings. The highest BCUT2D eigenvalue weighted by Crippen LogP contribution is 2.35. The second kappa shape index (κ2) is 8.28. The normalized spacial score (nSPS) is 15.6. The largest absolute Gasteiger partial charge is 0.493 e. The zero-order valence-corrected chi connectivity index (χ0v) is 14.1. The molecule has 0 bridgehead atoms. The van der Waals surface area contributed by atoms with Crippen molar-refractivity contribution in [3.8, 4) is 11.5 Å². The van der Waals surface area contributed by atoms with Crippen LogP contribution in [0.5, 0.6) is 11.5 Å². The standard InChI is InChI=1S/C16H21F3N2O4/c1-23-13-5-3-4-12(14(13)24-2)20-15(22)21(10-16(17,18)19)11-6-8-25-9-7-11/h3-5,11H,6-10H2,1-2H3,(H,20,22). The minimum atomic E-state index is -4.49. The molecule has 2 amide bonds. The number of carbonyl (C=O) groups excluding carboxylic acids is 1. The van der Waals surface area contributed by atoms with Crippen LogP contribution < -0.4 is 14.8 Å². The number of hydrogen-bond donors (Lipinski definition) is 1.